The quantitative estimate of drug-likeness (QED) is 0.173. The first-order valence-corrected chi connectivity index (χ1v) is 14.6. The molecule has 0 N–H and O–H groups in total. The second-order valence-corrected chi connectivity index (χ2v) is 11.3. The normalized spacial score (nSPS) is 13.5. The molecule has 224 valence electrons. The third-order valence-electron chi connectivity index (χ3n) is 7.12. The van der Waals surface area contributed by atoms with E-state index in [0.717, 1.165) is 36.3 Å². The van der Waals surface area contributed by atoms with Crippen LogP contribution in [0.5, 0.6) is 17.4 Å². The van der Waals surface area contributed by atoms with Gasteiger partial charge >= 0.3 is 0 Å². The molecular formula is C34H34Cl3N3O3. The fourth-order valence-corrected chi connectivity index (χ4v) is 5.14. The van der Waals surface area contributed by atoms with E-state index in [-0.39, 0.29) is 18.3 Å². The number of rotatable bonds is 9. The molecular weight excluding hydrogens is 605 g/mol. The van der Waals surface area contributed by atoms with Crippen LogP contribution in [-0.2, 0) is 17.9 Å². The van der Waals surface area contributed by atoms with E-state index in [9.17, 15) is 4.79 Å². The van der Waals surface area contributed by atoms with Gasteiger partial charge in [0.2, 0.25) is 11.8 Å². The Morgan fingerprint density at radius 2 is 1.60 bits per heavy atom. The van der Waals surface area contributed by atoms with Crippen molar-refractivity contribution in [2.45, 2.75) is 27.0 Å². The van der Waals surface area contributed by atoms with E-state index in [2.05, 4.69) is 41.1 Å². The first-order valence-electron chi connectivity index (χ1n) is 13.9. The number of piperazine rings is 1. The number of hydrogen-bond acceptors (Lipinski definition) is 5. The number of ether oxygens (including phenoxy) is 2. The van der Waals surface area contributed by atoms with Gasteiger partial charge in [-0.1, -0.05) is 65.2 Å². The van der Waals surface area contributed by atoms with Crippen LogP contribution in [0, 0.1) is 13.8 Å². The summed E-state index contributed by atoms with van der Waals surface area (Å²) < 4.78 is 11.8. The number of amides is 1. The van der Waals surface area contributed by atoms with Crippen molar-refractivity contribution in [2.75, 3.05) is 26.2 Å². The summed E-state index contributed by atoms with van der Waals surface area (Å²) in [6.07, 6.45) is 5.03. The van der Waals surface area contributed by atoms with Crippen LogP contribution >= 0.6 is 35.6 Å². The smallest absolute Gasteiger partial charge is 0.246 e. The summed E-state index contributed by atoms with van der Waals surface area (Å²) >= 11 is 12.5. The third-order valence-corrected chi connectivity index (χ3v) is 7.65. The first kappa shape index (κ1) is 32.4. The predicted molar refractivity (Wildman–Crippen MR) is 176 cm³/mol. The predicted octanol–water partition coefficient (Wildman–Crippen LogP) is 8.16. The van der Waals surface area contributed by atoms with Gasteiger partial charge in [-0.3, -0.25) is 9.69 Å². The molecule has 0 atom stereocenters. The molecule has 1 saturated heterocycles. The van der Waals surface area contributed by atoms with Crippen molar-refractivity contribution in [1.82, 2.24) is 14.8 Å². The molecule has 0 aliphatic carbocycles. The van der Waals surface area contributed by atoms with Gasteiger partial charge in [-0.2, -0.15) is 0 Å². The lowest BCUT2D eigenvalue weighted by atomic mass is 10.1. The number of aryl methyl sites for hydroxylation is 2. The highest BCUT2D eigenvalue weighted by Gasteiger charge is 2.20. The Morgan fingerprint density at radius 3 is 2.26 bits per heavy atom. The number of carbonyl (C=O) groups is 1. The lowest BCUT2D eigenvalue weighted by molar-refractivity contribution is -0.127. The van der Waals surface area contributed by atoms with Gasteiger partial charge in [-0.25, -0.2) is 4.98 Å². The second-order valence-electron chi connectivity index (χ2n) is 10.4. The molecule has 3 aromatic carbocycles. The molecule has 0 radical (unpaired) electrons. The molecule has 43 heavy (non-hydrogen) atoms. The zero-order chi connectivity index (χ0) is 29.5. The van der Waals surface area contributed by atoms with Gasteiger partial charge < -0.3 is 14.4 Å². The molecule has 5 rings (SSSR count). The summed E-state index contributed by atoms with van der Waals surface area (Å²) in [5.41, 5.74) is 5.24. The molecule has 9 heteroatoms. The largest absolute Gasteiger partial charge is 0.487 e. The lowest BCUT2D eigenvalue weighted by Gasteiger charge is -2.34. The Labute approximate surface area is 269 Å². The summed E-state index contributed by atoms with van der Waals surface area (Å²) in [7, 11) is 0. The highest BCUT2D eigenvalue weighted by Crippen LogP contribution is 2.34. The maximum Gasteiger partial charge on any atom is 0.246 e. The molecule has 1 aromatic heterocycles. The van der Waals surface area contributed by atoms with Gasteiger partial charge in [0.25, 0.3) is 0 Å². The summed E-state index contributed by atoms with van der Waals surface area (Å²) in [4.78, 5) is 21.5. The Balaban J connectivity index is 0.00000423. The zero-order valence-corrected chi connectivity index (χ0v) is 26.5. The summed E-state index contributed by atoms with van der Waals surface area (Å²) in [5, 5.41) is 1.13. The van der Waals surface area contributed by atoms with Crippen molar-refractivity contribution in [3.63, 3.8) is 0 Å². The molecule has 1 aliphatic heterocycles. The van der Waals surface area contributed by atoms with Crippen LogP contribution < -0.4 is 9.47 Å². The molecule has 0 saturated carbocycles. The summed E-state index contributed by atoms with van der Waals surface area (Å²) in [6, 6.07) is 23.4. The van der Waals surface area contributed by atoms with Gasteiger partial charge in [0.15, 0.2) is 5.75 Å². The molecule has 2 heterocycles. The van der Waals surface area contributed by atoms with Crippen LogP contribution in [0.4, 0.5) is 0 Å². The first-order chi connectivity index (χ1) is 20.3. The zero-order valence-electron chi connectivity index (χ0n) is 24.1. The van der Waals surface area contributed by atoms with Crippen LogP contribution in [0.2, 0.25) is 10.0 Å². The summed E-state index contributed by atoms with van der Waals surface area (Å²) in [6.45, 7) is 8.45. The van der Waals surface area contributed by atoms with E-state index in [0.29, 0.717) is 47.1 Å². The standard InChI is InChI=1S/C34H33Cl2N3O3.ClH/c1-24-3-5-26(6-4-24)22-38-15-17-39(18-16-38)33(40)14-9-28-19-25(2)34(31(36)20-28)42-32-13-12-30(21-37-32)41-23-27-7-10-29(35)11-8-27;/h3-14,19-21H,15-18,22-23H2,1-2H3;1H/b14-9+;. The van der Waals surface area contributed by atoms with Crippen molar-refractivity contribution in [1.29, 1.82) is 0 Å². The topological polar surface area (TPSA) is 54.9 Å². The van der Waals surface area contributed by atoms with E-state index >= 15 is 0 Å². The Kier molecular flexibility index (Phi) is 11.5. The number of pyridine rings is 1. The fraction of sp³-hybridized carbons (Fsp3) is 0.235. The second kappa shape index (κ2) is 15.3. The minimum absolute atomic E-state index is 0. The minimum atomic E-state index is 0. The molecule has 0 unspecified atom stereocenters. The maximum atomic E-state index is 12.9. The van der Waals surface area contributed by atoms with Crippen LogP contribution in [0.25, 0.3) is 6.08 Å². The van der Waals surface area contributed by atoms with Crippen molar-refractivity contribution < 1.29 is 14.3 Å². The molecule has 0 spiro atoms. The average molecular weight is 639 g/mol. The van der Waals surface area contributed by atoms with Crippen LogP contribution in [0.15, 0.2) is 85.1 Å². The van der Waals surface area contributed by atoms with Crippen molar-refractivity contribution in [3.8, 4) is 17.4 Å². The number of carbonyl (C=O) groups excluding carboxylic acids is 1. The van der Waals surface area contributed by atoms with Gasteiger partial charge in [0.05, 0.1) is 11.2 Å². The van der Waals surface area contributed by atoms with Crippen LogP contribution in [-0.4, -0.2) is 46.9 Å². The number of aromatic nitrogens is 1. The Morgan fingerprint density at radius 1 is 0.907 bits per heavy atom. The number of hydrogen-bond donors (Lipinski definition) is 0. The molecule has 1 amide bonds. The van der Waals surface area contributed by atoms with Crippen molar-refractivity contribution >= 4 is 47.6 Å². The Hall–Kier alpha value is -3.55. The number of halogens is 3. The average Bonchev–Trinajstić information content (AvgIpc) is 2.99. The number of nitrogens with zero attached hydrogens (tertiary/aromatic N) is 3. The minimum Gasteiger partial charge on any atom is -0.487 e. The van der Waals surface area contributed by atoms with Crippen LogP contribution in [0.3, 0.4) is 0 Å². The highest BCUT2D eigenvalue weighted by molar-refractivity contribution is 6.32. The molecule has 6 nitrogen and oxygen atoms in total. The van der Waals surface area contributed by atoms with Crippen molar-refractivity contribution in [2.24, 2.45) is 0 Å². The van der Waals surface area contributed by atoms with E-state index in [4.69, 9.17) is 32.7 Å². The lowest BCUT2D eigenvalue weighted by Crippen LogP contribution is -2.47. The molecule has 0 bridgehead atoms. The third kappa shape index (κ3) is 9.22. The summed E-state index contributed by atoms with van der Waals surface area (Å²) in [5.74, 6) is 1.55. The van der Waals surface area contributed by atoms with Gasteiger partial charge in [-0.15, -0.1) is 12.4 Å². The van der Waals surface area contributed by atoms with Gasteiger partial charge in [-0.05, 0) is 72.5 Å². The molecule has 1 fully saturated rings. The molecule has 1 aliphatic rings. The van der Waals surface area contributed by atoms with Crippen molar-refractivity contribution in [3.05, 3.63) is 123 Å². The van der Waals surface area contributed by atoms with Crippen LogP contribution in [0.1, 0.15) is 27.8 Å². The van der Waals surface area contributed by atoms with E-state index in [1.54, 1.807) is 36.5 Å². The Bertz CT molecular complexity index is 1510. The van der Waals surface area contributed by atoms with Gasteiger partial charge in [0, 0.05) is 49.9 Å². The van der Waals surface area contributed by atoms with E-state index in [1.807, 2.05) is 42.2 Å². The monoisotopic (exact) mass is 637 g/mol. The molecule has 4 aromatic rings. The van der Waals surface area contributed by atoms with E-state index in [1.165, 1.54) is 11.1 Å². The highest BCUT2D eigenvalue weighted by atomic mass is 35.5. The van der Waals surface area contributed by atoms with Gasteiger partial charge in [0.1, 0.15) is 12.4 Å². The number of benzene rings is 3. The fourth-order valence-electron chi connectivity index (χ4n) is 4.70. The maximum absolute atomic E-state index is 12.9. The van der Waals surface area contributed by atoms with E-state index < -0.39 is 0 Å². The SMILES string of the molecule is Cc1ccc(CN2CCN(C(=O)/C=C/c3cc(C)c(Oc4ccc(OCc5ccc(Cl)cc5)cn4)c(Cl)c3)CC2)cc1.Cl.